The van der Waals surface area contributed by atoms with Gasteiger partial charge in [-0.1, -0.05) is 0 Å². The van der Waals surface area contributed by atoms with Gasteiger partial charge in [-0.2, -0.15) is 13.2 Å². The molecule has 4 nitrogen and oxygen atoms in total. The SMILES string of the molecule is Cc1cc([C@H](C)N[S@@+]([O-])C(C)(C)C)cnc1OCC(F)(F)F. The number of nitrogens with one attached hydrogen (secondary N) is 1. The van der Waals surface area contributed by atoms with Crippen molar-refractivity contribution >= 4 is 11.4 Å². The largest absolute Gasteiger partial charge is 0.598 e. The van der Waals surface area contributed by atoms with E-state index in [1.807, 2.05) is 27.7 Å². The molecular formula is C14H21F3N2O2S. The third-order valence-electron chi connectivity index (χ3n) is 2.76. The summed E-state index contributed by atoms with van der Waals surface area (Å²) in [4.78, 5) is 3.91. The number of aryl methyl sites for hydroxylation is 1. The molecule has 22 heavy (non-hydrogen) atoms. The highest BCUT2D eigenvalue weighted by atomic mass is 32.2. The van der Waals surface area contributed by atoms with E-state index >= 15 is 0 Å². The number of rotatable bonds is 5. The van der Waals surface area contributed by atoms with Gasteiger partial charge in [0.25, 0.3) is 0 Å². The summed E-state index contributed by atoms with van der Waals surface area (Å²) >= 11 is -1.25. The third-order valence-corrected chi connectivity index (χ3v) is 4.44. The summed E-state index contributed by atoms with van der Waals surface area (Å²) < 4.78 is 55.7. The molecule has 0 aliphatic carbocycles. The fourth-order valence-corrected chi connectivity index (χ4v) is 2.34. The van der Waals surface area contributed by atoms with Crippen LogP contribution in [0.15, 0.2) is 12.3 Å². The van der Waals surface area contributed by atoms with E-state index in [2.05, 4.69) is 14.4 Å². The Morgan fingerprint density at radius 3 is 2.41 bits per heavy atom. The lowest BCUT2D eigenvalue weighted by molar-refractivity contribution is -0.154. The van der Waals surface area contributed by atoms with Gasteiger partial charge < -0.3 is 9.29 Å². The fourth-order valence-electron chi connectivity index (χ4n) is 1.53. The zero-order valence-electron chi connectivity index (χ0n) is 13.2. The third kappa shape index (κ3) is 6.02. The monoisotopic (exact) mass is 338 g/mol. The van der Waals surface area contributed by atoms with Gasteiger partial charge in [0.05, 0.1) is 6.04 Å². The molecule has 0 aromatic carbocycles. The number of halogens is 3. The Morgan fingerprint density at radius 2 is 1.95 bits per heavy atom. The van der Waals surface area contributed by atoms with Crippen molar-refractivity contribution in [3.8, 4) is 5.88 Å². The summed E-state index contributed by atoms with van der Waals surface area (Å²) in [5.74, 6) is -0.0507. The molecule has 1 N–H and O–H groups in total. The van der Waals surface area contributed by atoms with Crippen LogP contribution in [0.1, 0.15) is 44.9 Å². The highest BCUT2D eigenvalue weighted by Gasteiger charge is 2.30. The summed E-state index contributed by atoms with van der Waals surface area (Å²) in [5.41, 5.74) is 1.23. The minimum atomic E-state index is -4.40. The van der Waals surface area contributed by atoms with Gasteiger partial charge in [-0.25, -0.2) is 4.98 Å². The number of hydrogen-bond acceptors (Lipinski definition) is 4. The number of hydrogen-bond donors (Lipinski definition) is 1. The topological polar surface area (TPSA) is 57.2 Å². The predicted molar refractivity (Wildman–Crippen MR) is 80.0 cm³/mol. The van der Waals surface area contributed by atoms with Crippen LogP contribution in [0.3, 0.4) is 0 Å². The summed E-state index contributed by atoms with van der Waals surface area (Å²) in [6.45, 7) is 7.61. The van der Waals surface area contributed by atoms with Crippen molar-refractivity contribution in [2.24, 2.45) is 0 Å². The molecule has 1 heterocycles. The Morgan fingerprint density at radius 1 is 1.36 bits per heavy atom. The van der Waals surface area contributed by atoms with Gasteiger partial charge in [0.1, 0.15) is 4.75 Å². The molecule has 1 rings (SSSR count). The van der Waals surface area contributed by atoms with Gasteiger partial charge in [-0.3, -0.25) is 0 Å². The molecule has 2 atom stereocenters. The predicted octanol–water partition coefficient (Wildman–Crippen LogP) is 3.44. The zero-order valence-corrected chi connectivity index (χ0v) is 14.1. The molecule has 0 aliphatic heterocycles. The van der Waals surface area contributed by atoms with Crippen LogP contribution < -0.4 is 9.46 Å². The molecule has 1 aromatic rings. The van der Waals surface area contributed by atoms with Crippen molar-refractivity contribution < 1.29 is 22.5 Å². The lowest BCUT2D eigenvalue weighted by Crippen LogP contribution is -2.40. The number of ether oxygens (including phenoxy) is 1. The van der Waals surface area contributed by atoms with E-state index in [1.165, 1.54) is 6.20 Å². The molecule has 8 heteroatoms. The van der Waals surface area contributed by atoms with Crippen LogP contribution >= 0.6 is 0 Å². The minimum Gasteiger partial charge on any atom is -0.598 e. The minimum absolute atomic E-state index is 0.0507. The van der Waals surface area contributed by atoms with Gasteiger partial charge in [-0.05, 0) is 46.2 Å². The van der Waals surface area contributed by atoms with Crippen LogP contribution in [0.25, 0.3) is 0 Å². The molecule has 0 saturated heterocycles. The number of alkyl halides is 3. The van der Waals surface area contributed by atoms with E-state index < -0.39 is 28.9 Å². The quantitative estimate of drug-likeness (QED) is 0.836. The van der Waals surface area contributed by atoms with Crippen molar-refractivity contribution in [2.75, 3.05) is 6.61 Å². The number of nitrogens with zero attached hydrogens (tertiary/aromatic N) is 1. The van der Waals surface area contributed by atoms with Gasteiger partial charge >= 0.3 is 6.18 Å². The van der Waals surface area contributed by atoms with Crippen molar-refractivity contribution in [3.63, 3.8) is 0 Å². The van der Waals surface area contributed by atoms with E-state index in [-0.39, 0.29) is 11.9 Å². The van der Waals surface area contributed by atoms with E-state index in [9.17, 15) is 17.7 Å². The van der Waals surface area contributed by atoms with Crippen LogP contribution in [0.5, 0.6) is 5.88 Å². The highest BCUT2D eigenvalue weighted by molar-refractivity contribution is 7.90. The number of aromatic nitrogens is 1. The first kappa shape index (κ1) is 19.1. The van der Waals surface area contributed by atoms with Crippen molar-refractivity contribution in [1.82, 2.24) is 9.71 Å². The van der Waals surface area contributed by atoms with E-state index in [4.69, 9.17) is 0 Å². The maximum Gasteiger partial charge on any atom is 0.422 e. The average Bonchev–Trinajstić information content (AvgIpc) is 2.34. The summed E-state index contributed by atoms with van der Waals surface area (Å²) in [5, 5.41) is 0. The maximum atomic E-state index is 12.1. The standard InChI is InChI=1S/C14H21F3N2O2S/c1-9-6-11(10(2)19-22(20)13(3,4)5)7-18-12(9)21-8-14(15,16)17/h6-7,10,19H,8H2,1-5H3/t10-,22-/m0/s1. The molecule has 0 bridgehead atoms. The first-order chi connectivity index (χ1) is 9.90. The van der Waals surface area contributed by atoms with Crippen LogP contribution in [0.4, 0.5) is 13.2 Å². The Labute approximate surface area is 131 Å². The van der Waals surface area contributed by atoms with Crippen molar-refractivity contribution in [2.45, 2.75) is 51.6 Å². The number of pyridine rings is 1. The van der Waals surface area contributed by atoms with Crippen LogP contribution in [-0.2, 0) is 11.4 Å². The molecule has 0 saturated carbocycles. The summed E-state index contributed by atoms with van der Waals surface area (Å²) in [6, 6.07) is 1.43. The Hall–Kier alpha value is -0.990. The molecule has 0 radical (unpaired) electrons. The van der Waals surface area contributed by atoms with E-state index in [0.29, 0.717) is 5.56 Å². The fraction of sp³-hybridized carbons (Fsp3) is 0.643. The molecule has 0 unspecified atom stereocenters. The summed E-state index contributed by atoms with van der Waals surface area (Å²) in [7, 11) is 0. The van der Waals surface area contributed by atoms with Gasteiger partial charge in [0.2, 0.25) is 5.88 Å². The molecule has 0 fully saturated rings. The first-order valence-corrected chi connectivity index (χ1v) is 7.89. The average molecular weight is 338 g/mol. The Kier molecular flexibility index (Phi) is 6.11. The second-order valence-electron chi connectivity index (χ2n) is 6.02. The molecule has 1 aromatic heterocycles. The first-order valence-electron chi connectivity index (χ1n) is 6.74. The van der Waals surface area contributed by atoms with Gasteiger partial charge in [0.15, 0.2) is 6.61 Å². The summed E-state index contributed by atoms with van der Waals surface area (Å²) in [6.07, 6.45) is -2.97. The molecule has 0 amide bonds. The lowest BCUT2D eigenvalue weighted by atomic mass is 10.1. The van der Waals surface area contributed by atoms with Gasteiger partial charge in [-0.15, -0.1) is 4.72 Å². The molecule has 126 valence electrons. The van der Waals surface area contributed by atoms with E-state index in [0.717, 1.165) is 5.56 Å². The Bertz CT molecular complexity index is 504. The van der Waals surface area contributed by atoms with Crippen LogP contribution in [0.2, 0.25) is 0 Å². The Balaban J connectivity index is 2.76. The van der Waals surface area contributed by atoms with Crippen molar-refractivity contribution in [3.05, 3.63) is 23.4 Å². The molecule has 0 spiro atoms. The lowest BCUT2D eigenvalue weighted by Gasteiger charge is -2.26. The highest BCUT2D eigenvalue weighted by Crippen LogP contribution is 2.24. The maximum absolute atomic E-state index is 12.1. The molecular weight excluding hydrogens is 317 g/mol. The van der Waals surface area contributed by atoms with Crippen LogP contribution in [-0.4, -0.2) is 27.1 Å². The second-order valence-corrected chi connectivity index (χ2v) is 8.01. The van der Waals surface area contributed by atoms with E-state index in [1.54, 1.807) is 13.0 Å². The zero-order chi connectivity index (χ0) is 17.1. The smallest absolute Gasteiger partial charge is 0.422 e. The normalized spacial score (nSPS) is 15.5. The van der Waals surface area contributed by atoms with Crippen LogP contribution in [0, 0.1) is 6.92 Å². The second kappa shape index (κ2) is 7.06. The van der Waals surface area contributed by atoms with Crippen molar-refractivity contribution in [1.29, 1.82) is 0 Å². The van der Waals surface area contributed by atoms with Gasteiger partial charge in [0, 0.05) is 23.1 Å². The molecule has 0 aliphatic rings.